The van der Waals surface area contributed by atoms with Crippen LogP contribution in [0.15, 0.2) is 18.2 Å². The highest BCUT2D eigenvalue weighted by molar-refractivity contribution is 5.85. The summed E-state index contributed by atoms with van der Waals surface area (Å²) in [6, 6.07) is 3.92. The number of nitrogens with two attached hydrogens (primary N) is 1. The fraction of sp³-hybridized carbons (Fsp3) is 0.417. The summed E-state index contributed by atoms with van der Waals surface area (Å²) in [5.41, 5.74) is 5.74. The van der Waals surface area contributed by atoms with E-state index in [4.69, 9.17) is 5.73 Å². The topological polar surface area (TPSA) is 46.3 Å². The van der Waals surface area contributed by atoms with Gasteiger partial charge in [0.05, 0.1) is 0 Å². The number of likely N-dealkylation sites (tertiary alicyclic amines) is 1. The summed E-state index contributed by atoms with van der Waals surface area (Å²) in [6.07, 6.45) is 1.12. The molecule has 1 heterocycles. The Morgan fingerprint density at radius 3 is 2.78 bits per heavy atom. The number of benzene rings is 1. The fourth-order valence-corrected chi connectivity index (χ4v) is 2.11. The predicted octanol–water partition coefficient (Wildman–Crippen LogP) is 1.84. The summed E-state index contributed by atoms with van der Waals surface area (Å²) < 4.78 is 26.5. The molecule has 1 saturated heterocycles. The van der Waals surface area contributed by atoms with Crippen LogP contribution in [0.25, 0.3) is 0 Å². The van der Waals surface area contributed by atoms with E-state index in [2.05, 4.69) is 0 Å². The summed E-state index contributed by atoms with van der Waals surface area (Å²) in [4.78, 5) is 13.1. The van der Waals surface area contributed by atoms with Crippen LogP contribution in [0.2, 0.25) is 0 Å². The number of nitrogens with zero attached hydrogens (tertiary/aromatic N) is 1. The first kappa shape index (κ1) is 14.9. The van der Waals surface area contributed by atoms with Crippen molar-refractivity contribution in [2.24, 2.45) is 5.73 Å². The van der Waals surface area contributed by atoms with E-state index in [9.17, 15) is 13.6 Å². The molecule has 0 saturated carbocycles. The van der Waals surface area contributed by atoms with Gasteiger partial charge in [-0.25, -0.2) is 8.78 Å². The highest BCUT2D eigenvalue weighted by atomic mass is 35.5. The van der Waals surface area contributed by atoms with Gasteiger partial charge < -0.3 is 10.6 Å². The zero-order valence-corrected chi connectivity index (χ0v) is 10.6. The zero-order valence-electron chi connectivity index (χ0n) is 9.73. The molecule has 1 amide bonds. The molecule has 3 nitrogen and oxygen atoms in total. The number of carbonyl (C=O) groups excluding carboxylic acids is 1. The molecular weight excluding hydrogens is 262 g/mol. The molecule has 0 aromatic heterocycles. The van der Waals surface area contributed by atoms with Crippen LogP contribution in [0.1, 0.15) is 18.4 Å². The van der Waals surface area contributed by atoms with Crippen LogP contribution in [0.3, 0.4) is 0 Å². The molecule has 1 aliphatic heterocycles. The Hall–Kier alpha value is -1.20. The van der Waals surface area contributed by atoms with Crippen molar-refractivity contribution in [3.8, 4) is 0 Å². The second kappa shape index (κ2) is 6.11. The van der Waals surface area contributed by atoms with Crippen molar-refractivity contribution in [1.29, 1.82) is 0 Å². The van der Waals surface area contributed by atoms with E-state index < -0.39 is 11.6 Å². The third kappa shape index (κ3) is 2.79. The Morgan fingerprint density at radius 2 is 2.11 bits per heavy atom. The number of amides is 1. The Kier molecular flexibility index (Phi) is 5.04. The van der Waals surface area contributed by atoms with Crippen molar-refractivity contribution in [1.82, 2.24) is 4.90 Å². The van der Waals surface area contributed by atoms with E-state index >= 15 is 0 Å². The van der Waals surface area contributed by atoms with Crippen molar-refractivity contribution >= 4 is 18.3 Å². The Labute approximate surface area is 110 Å². The van der Waals surface area contributed by atoms with Crippen LogP contribution in [0.4, 0.5) is 8.78 Å². The van der Waals surface area contributed by atoms with Crippen LogP contribution < -0.4 is 5.73 Å². The maximum atomic E-state index is 13.5. The molecule has 1 unspecified atom stereocenters. The number of rotatable bonds is 3. The lowest BCUT2D eigenvalue weighted by molar-refractivity contribution is -0.129. The zero-order chi connectivity index (χ0) is 12.4. The Bertz CT molecular complexity index is 442. The monoisotopic (exact) mass is 276 g/mol. The first-order valence-corrected chi connectivity index (χ1v) is 5.56. The molecule has 1 aromatic carbocycles. The van der Waals surface area contributed by atoms with E-state index in [1.807, 2.05) is 0 Å². The van der Waals surface area contributed by atoms with Crippen LogP contribution in [-0.2, 0) is 11.3 Å². The van der Waals surface area contributed by atoms with Gasteiger partial charge in [0.25, 0.3) is 0 Å². The van der Waals surface area contributed by atoms with Gasteiger partial charge >= 0.3 is 0 Å². The van der Waals surface area contributed by atoms with Gasteiger partial charge in [-0.15, -0.1) is 12.4 Å². The molecule has 100 valence electrons. The normalized spacial score (nSPS) is 18.9. The van der Waals surface area contributed by atoms with Crippen molar-refractivity contribution < 1.29 is 13.6 Å². The van der Waals surface area contributed by atoms with Crippen molar-refractivity contribution in [2.75, 3.05) is 6.54 Å². The second-order valence-electron chi connectivity index (χ2n) is 4.16. The van der Waals surface area contributed by atoms with Gasteiger partial charge in [-0.05, 0) is 12.5 Å². The lowest BCUT2D eigenvalue weighted by Crippen LogP contribution is -2.37. The Morgan fingerprint density at radius 1 is 1.39 bits per heavy atom. The molecule has 1 fully saturated rings. The van der Waals surface area contributed by atoms with Crippen molar-refractivity contribution in [3.63, 3.8) is 0 Å². The standard InChI is InChI=1S/C12H14F2N2O.ClH/c13-10-3-1-2-8(12(10)14)7-16-9(6-15)4-5-11(16)17;/h1-3,9H,4-7,15H2;1H. The second-order valence-corrected chi connectivity index (χ2v) is 4.16. The molecule has 0 bridgehead atoms. The maximum absolute atomic E-state index is 13.5. The van der Waals surface area contributed by atoms with Crippen LogP contribution in [0, 0.1) is 11.6 Å². The lowest BCUT2D eigenvalue weighted by atomic mass is 10.1. The third-order valence-corrected chi connectivity index (χ3v) is 3.10. The molecule has 1 aliphatic rings. The molecule has 0 aliphatic carbocycles. The fourth-order valence-electron chi connectivity index (χ4n) is 2.11. The smallest absolute Gasteiger partial charge is 0.223 e. The predicted molar refractivity (Wildman–Crippen MR) is 66.2 cm³/mol. The number of hydrogen-bond donors (Lipinski definition) is 1. The molecule has 6 heteroatoms. The van der Waals surface area contributed by atoms with Crippen molar-refractivity contribution in [3.05, 3.63) is 35.4 Å². The summed E-state index contributed by atoms with van der Waals surface area (Å²) in [7, 11) is 0. The van der Waals surface area contributed by atoms with Gasteiger partial charge in [0.15, 0.2) is 11.6 Å². The van der Waals surface area contributed by atoms with Gasteiger partial charge in [0.2, 0.25) is 5.91 Å². The maximum Gasteiger partial charge on any atom is 0.223 e. The molecule has 0 spiro atoms. The van der Waals surface area contributed by atoms with Crippen LogP contribution >= 0.6 is 12.4 Å². The first-order chi connectivity index (χ1) is 8.13. The van der Waals surface area contributed by atoms with Crippen LogP contribution in [-0.4, -0.2) is 23.4 Å². The van der Waals surface area contributed by atoms with Gasteiger partial charge in [0, 0.05) is 31.1 Å². The highest BCUT2D eigenvalue weighted by Crippen LogP contribution is 2.22. The van der Waals surface area contributed by atoms with Crippen LogP contribution in [0.5, 0.6) is 0 Å². The minimum atomic E-state index is -0.890. The quantitative estimate of drug-likeness (QED) is 0.916. The molecule has 2 N–H and O–H groups in total. The molecular formula is C12H15ClF2N2O. The van der Waals surface area contributed by atoms with Gasteiger partial charge in [-0.2, -0.15) is 0 Å². The van der Waals surface area contributed by atoms with E-state index in [0.717, 1.165) is 6.07 Å². The minimum Gasteiger partial charge on any atom is -0.334 e. The highest BCUT2D eigenvalue weighted by Gasteiger charge is 2.30. The van der Waals surface area contributed by atoms with Gasteiger partial charge in [-0.1, -0.05) is 12.1 Å². The summed E-state index contributed by atoms with van der Waals surface area (Å²) in [6.45, 7) is 0.437. The van der Waals surface area contributed by atoms with E-state index in [-0.39, 0.29) is 36.5 Å². The summed E-state index contributed by atoms with van der Waals surface area (Å²) >= 11 is 0. The number of hydrogen-bond acceptors (Lipinski definition) is 2. The first-order valence-electron chi connectivity index (χ1n) is 5.56. The van der Waals surface area contributed by atoms with Crippen molar-refractivity contribution in [2.45, 2.75) is 25.4 Å². The summed E-state index contributed by atoms with van der Waals surface area (Å²) in [5, 5.41) is 0. The average molecular weight is 277 g/mol. The lowest BCUT2D eigenvalue weighted by Gasteiger charge is -2.23. The van der Waals surface area contributed by atoms with Gasteiger partial charge in [0.1, 0.15) is 0 Å². The number of halogens is 3. The minimum absolute atomic E-state index is 0. The SMILES string of the molecule is Cl.NCC1CCC(=O)N1Cc1cccc(F)c1F. The average Bonchev–Trinajstić information content (AvgIpc) is 2.66. The molecule has 1 atom stereocenters. The summed E-state index contributed by atoms with van der Waals surface area (Å²) in [5.74, 6) is -1.83. The Balaban J connectivity index is 0.00000162. The largest absolute Gasteiger partial charge is 0.334 e. The third-order valence-electron chi connectivity index (χ3n) is 3.10. The molecule has 18 heavy (non-hydrogen) atoms. The molecule has 1 aromatic rings. The number of carbonyl (C=O) groups is 1. The van der Waals surface area contributed by atoms with E-state index in [0.29, 0.717) is 19.4 Å². The van der Waals surface area contributed by atoms with Gasteiger partial charge in [-0.3, -0.25) is 4.79 Å². The van der Waals surface area contributed by atoms with E-state index in [1.165, 1.54) is 17.0 Å². The molecule has 0 radical (unpaired) electrons. The molecule has 2 rings (SSSR count). The van der Waals surface area contributed by atoms with E-state index in [1.54, 1.807) is 0 Å².